The Morgan fingerprint density at radius 1 is 1.21 bits per heavy atom. The summed E-state index contributed by atoms with van der Waals surface area (Å²) in [4.78, 5) is 23.2. The van der Waals surface area contributed by atoms with E-state index in [0.29, 0.717) is 5.02 Å². The molecule has 0 unspecified atom stereocenters. The van der Waals surface area contributed by atoms with Crippen molar-refractivity contribution in [2.45, 2.75) is 20.8 Å². The van der Waals surface area contributed by atoms with E-state index in [4.69, 9.17) is 11.6 Å². The van der Waals surface area contributed by atoms with Gasteiger partial charge in [-0.05, 0) is 44.5 Å². The predicted molar refractivity (Wildman–Crippen MR) is 76.5 cm³/mol. The second-order valence-electron chi connectivity index (χ2n) is 4.55. The van der Waals surface area contributed by atoms with Crippen LogP contribution in [-0.4, -0.2) is 10.4 Å². The third kappa shape index (κ3) is 2.61. The SMILES string of the molecule is CC(=O)c1cn(-c2ccc(Cl)cc2C)c(C)cc1=O. The van der Waals surface area contributed by atoms with Crippen LogP contribution in [0.25, 0.3) is 5.69 Å². The van der Waals surface area contributed by atoms with Gasteiger partial charge in [-0.2, -0.15) is 0 Å². The van der Waals surface area contributed by atoms with E-state index in [-0.39, 0.29) is 16.8 Å². The van der Waals surface area contributed by atoms with Gasteiger partial charge in [0.1, 0.15) is 0 Å². The molecule has 2 aromatic rings. The third-order valence-corrected chi connectivity index (χ3v) is 3.28. The number of halogens is 1. The molecule has 2 rings (SSSR count). The zero-order chi connectivity index (χ0) is 14.2. The van der Waals surface area contributed by atoms with Crippen molar-refractivity contribution in [3.63, 3.8) is 0 Å². The number of carbonyl (C=O) groups is 1. The Balaban J connectivity index is 2.71. The van der Waals surface area contributed by atoms with Gasteiger partial charge in [0.05, 0.1) is 5.56 Å². The van der Waals surface area contributed by atoms with Crippen molar-refractivity contribution >= 4 is 17.4 Å². The standard InChI is InChI=1S/C15H14ClNO2/c1-9-6-12(16)4-5-14(9)17-8-13(11(3)18)15(19)7-10(17)2/h4-8H,1-3H3. The molecule has 0 atom stereocenters. The minimum atomic E-state index is -0.243. The van der Waals surface area contributed by atoms with Gasteiger partial charge in [0, 0.05) is 28.7 Å². The van der Waals surface area contributed by atoms with Crippen LogP contribution in [0.15, 0.2) is 35.3 Å². The van der Waals surface area contributed by atoms with Crippen molar-refractivity contribution in [1.29, 1.82) is 0 Å². The first-order valence-corrected chi connectivity index (χ1v) is 6.28. The second kappa shape index (κ2) is 5.02. The molecule has 0 N–H and O–H groups in total. The Hall–Kier alpha value is -1.87. The molecule has 0 amide bonds. The molecule has 19 heavy (non-hydrogen) atoms. The maximum atomic E-state index is 11.7. The van der Waals surface area contributed by atoms with E-state index in [1.807, 2.05) is 30.5 Å². The van der Waals surface area contributed by atoms with Crippen molar-refractivity contribution in [3.8, 4) is 5.69 Å². The summed E-state index contributed by atoms with van der Waals surface area (Å²) >= 11 is 5.94. The fraction of sp³-hybridized carbons (Fsp3) is 0.200. The van der Waals surface area contributed by atoms with Crippen LogP contribution in [0.1, 0.15) is 28.5 Å². The van der Waals surface area contributed by atoms with Gasteiger partial charge in [-0.15, -0.1) is 0 Å². The van der Waals surface area contributed by atoms with Crippen molar-refractivity contribution in [2.24, 2.45) is 0 Å². The van der Waals surface area contributed by atoms with Crippen LogP contribution in [0.5, 0.6) is 0 Å². The minimum absolute atomic E-state index is 0.194. The molecular weight excluding hydrogens is 262 g/mol. The van der Waals surface area contributed by atoms with E-state index >= 15 is 0 Å². The second-order valence-corrected chi connectivity index (χ2v) is 4.99. The van der Waals surface area contributed by atoms with E-state index in [2.05, 4.69) is 0 Å². The molecule has 0 radical (unpaired) electrons. The first-order valence-electron chi connectivity index (χ1n) is 5.91. The highest BCUT2D eigenvalue weighted by Crippen LogP contribution is 2.20. The van der Waals surface area contributed by atoms with Crippen LogP contribution >= 0.6 is 11.6 Å². The number of aryl methyl sites for hydroxylation is 2. The van der Waals surface area contributed by atoms with Crippen LogP contribution in [0.4, 0.5) is 0 Å². The largest absolute Gasteiger partial charge is 0.320 e. The van der Waals surface area contributed by atoms with Gasteiger partial charge >= 0.3 is 0 Å². The van der Waals surface area contributed by atoms with E-state index in [9.17, 15) is 9.59 Å². The number of pyridine rings is 1. The van der Waals surface area contributed by atoms with Crippen molar-refractivity contribution < 1.29 is 4.79 Å². The maximum absolute atomic E-state index is 11.7. The summed E-state index contributed by atoms with van der Waals surface area (Å²) in [7, 11) is 0. The molecule has 1 aromatic carbocycles. The summed E-state index contributed by atoms with van der Waals surface area (Å²) in [6, 6.07) is 6.99. The quantitative estimate of drug-likeness (QED) is 0.789. The highest BCUT2D eigenvalue weighted by atomic mass is 35.5. The Morgan fingerprint density at radius 3 is 2.47 bits per heavy atom. The smallest absolute Gasteiger partial charge is 0.192 e. The lowest BCUT2D eigenvalue weighted by atomic mass is 10.1. The highest BCUT2D eigenvalue weighted by Gasteiger charge is 2.10. The van der Waals surface area contributed by atoms with Gasteiger partial charge in [0.25, 0.3) is 0 Å². The van der Waals surface area contributed by atoms with Crippen LogP contribution < -0.4 is 5.43 Å². The number of hydrogen-bond acceptors (Lipinski definition) is 2. The molecule has 0 aliphatic carbocycles. The summed E-state index contributed by atoms with van der Waals surface area (Å²) in [5.41, 5.74) is 2.62. The number of Topliss-reactive ketones (excluding diaryl/α,β-unsaturated/α-hetero) is 1. The van der Waals surface area contributed by atoms with Gasteiger partial charge in [-0.1, -0.05) is 11.6 Å². The summed E-state index contributed by atoms with van der Waals surface area (Å²) in [5.74, 6) is -0.231. The number of benzene rings is 1. The van der Waals surface area contributed by atoms with Crippen molar-refractivity contribution in [1.82, 2.24) is 4.57 Å². The topological polar surface area (TPSA) is 39.1 Å². The summed E-state index contributed by atoms with van der Waals surface area (Å²) in [6.07, 6.45) is 1.59. The molecule has 3 nitrogen and oxygen atoms in total. The van der Waals surface area contributed by atoms with E-state index in [0.717, 1.165) is 16.9 Å². The Bertz CT molecular complexity index is 717. The number of nitrogens with zero attached hydrogens (tertiary/aromatic N) is 1. The van der Waals surface area contributed by atoms with Crippen molar-refractivity contribution in [2.75, 3.05) is 0 Å². The molecule has 0 saturated carbocycles. The van der Waals surface area contributed by atoms with Gasteiger partial charge in [0.2, 0.25) is 0 Å². The Kier molecular flexibility index (Phi) is 3.58. The van der Waals surface area contributed by atoms with Gasteiger partial charge in [0.15, 0.2) is 11.2 Å². The third-order valence-electron chi connectivity index (χ3n) is 3.04. The number of hydrogen-bond donors (Lipinski definition) is 0. The van der Waals surface area contributed by atoms with Crippen LogP contribution in [0.3, 0.4) is 0 Å². The molecule has 1 heterocycles. The summed E-state index contributed by atoms with van der Waals surface area (Å²) in [5, 5.41) is 0.659. The first-order chi connectivity index (χ1) is 8.90. The maximum Gasteiger partial charge on any atom is 0.192 e. The fourth-order valence-corrected chi connectivity index (χ4v) is 2.27. The lowest BCUT2D eigenvalue weighted by molar-refractivity contribution is 0.101. The molecule has 0 saturated heterocycles. The molecule has 0 bridgehead atoms. The predicted octanol–water partition coefficient (Wildman–Crippen LogP) is 3.31. The molecule has 0 aliphatic heterocycles. The fourth-order valence-electron chi connectivity index (χ4n) is 2.04. The minimum Gasteiger partial charge on any atom is -0.320 e. The number of ketones is 1. The van der Waals surface area contributed by atoms with E-state index in [1.54, 1.807) is 12.3 Å². The zero-order valence-electron chi connectivity index (χ0n) is 11.0. The van der Waals surface area contributed by atoms with Gasteiger partial charge in [-0.3, -0.25) is 9.59 Å². The average Bonchev–Trinajstić information content (AvgIpc) is 2.30. The molecule has 4 heteroatoms. The van der Waals surface area contributed by atoms with Crippen LogP contribution in [-0.2, 0) is 0 Å². The van der Waals surface area contributed by atoms with Crippen molar-refractivity contribution in [3.05, 3.63) is 62.5 Å². The van der Waals surface area contributed by atoms with Gasteiger partial charge in [-0.25, -0.2) is 0 Å². The molecule has 1 aromatic heterocycles. The lowest BCUT2D eigenvalue weighted by Gasteiger charge is -2.14. The number of aromatic nitrogens is 1. The normalized spacial score (nSPS) is 10.5. The molecule has 0 fully saturated rings. The van der Waals surface area contributed by atoms with E-state index in [1.165, 1.54) is 13.0 Å². The monoisotopic (exact) mass is 275 g/mol. The lowest BCUT2D eigenvalue weighted by Crippen LogP contribution is -2.17. The highest BCUT2D eigenvalue weighted by molar-refractivity contribution is 6.30. The molecule has 0 aliphatic rings. The molecule has 98 valence electrons. The van der Waals surface area contributed by atoms with Crippen LogP contribution in [0.2, 0.25) is 5.02 Å². The molecular formula is C15H14ClNO2. The summed E-state index contributed by atoms with van der Waals surface area (Å²) in [6.45, 7) is 5.16. The number of carbonyl (C=O) groups excluding carboxylic acids is 1. The molecule has 0 spiro atoms. The van der Waals surface area contributed by atoms with Gasteiger partial charge < -0.3 is 4.57 Å². The van der Waals surface area contributed by atoms with E-state index < -0.39 is 0 Å². The van der Waals surface area contributed by atoms with Crippen LogP contribution in [0, 0.1) is 13.8 Å². The first kappa shape index (κ1) is 13.6. The summed E-state index contributed by atoms with van der Waals surface area (Å²) < 4.78 is 1.84. The zero-order valence-corrected chi connectivity index (χ0v) is 11.8. The Labute approximate surface area is 116 Å². The average molecular weight is 276 g/mol. The number of rotatable bonds is 2. The Morgan fingerprint density at radius 2 is 1.89 bits per heavy atom.